The van der Waals surface area contributed by atoms with Gasteiger partial charge in [0.15, 0.2) is 0 Å². The van der Waals surface area contributed by atoms with Crippen molar-refractivity contribution in [1.82, 2.24) is 10.2 Å². The third-order valence-corrected chi connectivity index (χ3v) is 6.08. The number of amides is 1. The van der Waals surface area contributed by atoms with Gasteiger partial charge in [-0.15, -0.1) is 0 Å². The van der Waals surface area contributed by atoms with Crippen LogP contribution < -0.4 is 5.32 Å². The zero-order valence-corrected chi connectivity index (χ0v) is 15.6. The summed E-state index contributed by atoms with van der Waals surface area (Å²) in [4.78, 5) is 15.1. The molecule has 2 heterocycles. The fraction of sp³-hybridized carbons (Fsp3) is 0.435. The minimum Gasteiger partial charge on any atom is -0.338 e. The molecule has 2 fully saturated rings. The van der Waals surface area contributed by atoms with Gasteiger partial charge in [0.25, 0.3) is 0 Å². The van der Waals surface area contributed by atoms with Crippen LogP contribution in [0.2, 0.25) is 0 Å². The molecular formula is C23H27FN2O. The van der Waals surface area contributed by atoms with Crippen LogP contribution >= 0.6 is 0 Å². The van der Waals surface area contributed by atoms with Crippen LogP contribution in [0.15, 0.2) is 54.6 Å². The van der Waals surface area contributed by atoms with E-state index in [0.29, 0.717) is 11.5 Å². The summed E-state index contributed by atoms with van der Waals surface area (Å²) in [6, 6.07) is 17.7. The van der Waals surface area contributed by atoms with Crippen molar-refractivity contribution in [2.45, 2.75) is 50.1 Å². The molecule has 3 atom stereocenters. The van der Waals surface area contributed by atoms with E-state index in [1.165, 1.54) is 11.6 Å². The summed E-state index contributed by atoms with van der Waals surface area (Å²) >= 11 is 0. The van der Waals surface area contributed by atoms with Gasteiger partial charge in [-0.3, -0.25) is 4.79 Å². The SMILES string of the molecule is O=C(Cc1ccccc1F)N1CC[C@H](c2ccccc2)[C@H]2NCCCC[C@H]21. The maximum absolute atomic E-state index is 14.0. The van der Waals surface area contributed by atoms with Crippen LogP contribution in [0.4, 0.5) is 4.39 Å². The fourth-order valence-corrected chi connectivity index (χ4v) is 4.74. The number of nitrogens with one attached hydrogen (secondary N) is 1. The predicted octanol–water partition coefficient (Wildman–Crippen LogP) is 3.90. The molecule has 0 saturated carbocycles. The number of fused-ring (bicyclic) bond motifs is 1. The Morgan fingerprint density at radius 2 is 1.81 bits per heavy atom. The zero-order chi connectivity index (χ0) is 18.6. The summed E-state index contributed by atoms with van der Waals surface area (Å²) in [5.41, 5.74) is 1.84. The summed E-state index contributed by atoms with van der Waals surface area (Å²) in [7, 11) is 0. The summed E-state index contributed by atoms with van der Waals surface area (Å²) in [5.74, 6) is 0.178. The molecule has 1 N–H and O–H groups in total. The Hall–Kier alpha value is -2.20. The second-order valence-electron chi connectivity index (χ2n) is 7.70. The molecular weight excluding hydrogens is 339 g/mol. The largest absolute Gasteiger partial charge is 0.338 e. The van der Waals surface area contributed by atoms with Crippen molar-refractivity contribution in [3.05, 3.63) is 71.5 Å². The predicted molar refractivity (Wildman–Crippen MR) is 105 cm³/mol. The van der Waals surface area contributed by atoms with Crippen LogP contribution in [0.5, 0.6) is 0 Å². The molecule has 4 rings (SSSR count). The van der Waals surface area contributed by atoms with E-state index in [2.05, 4.69) is 35.6 Å². The lowest BCUT2D eigenvalue weighted by Crippen LogP contribution is -2.58. The Morgan fingerprint density at radius 3 is 2.63 bits per heavy atom. The van der Waals surface area contributed by atoms with Crippen molar-refractivity contribution in [2.75, 3.05) is 13.1 Å². The number of likely N-dealkylation sites (tertiary alicyclic amines) is 1. The van der Waals surface area contributed by atoms with E-state index >= 15 is 0 Å². The Kier molecular flexibility index (Phi) is 5.53. The number of carbonyl (C=O) groups is 1. The van der Waals surface area contributed by atoms with Crippen molar-refractivity contribution in [3.8, 4) is 0 Å². The number of carbonyl (C=O) groups excluding carboxylic acids is 1. The smallest absolute Gasteiger partial charge is 0.227 e. The van der Waals surface area contributed by atoms with Crippen LogP contribution in [-0.2, 0) is 11.2 Å². The second-order valence-corrected chi connectivity index (χ2v) is 7.70. The highest BCUT2D eigenvalue weighted by molar-refractivity contribution is 5.79. The molecule has 3 nitrogen and oxygen atoms in total. The molecule has 0 aromatic heterocycles. The third-order valence-electron chi connectivity index (χ3n) is 6.08. The molecule has 0 aliphatic carbocycles. The number of benzene rings is 2. The zero-order valence-electron chi connectivity index (χ0n) is 15.6. The summed E-state index contributed by atoms with van der Waals surface area (Å²) in [6.45, 7) is 1.75. The Bertz CT molecular complexity index is 779. The van der Waals surface area contributed by atoms with Gasteiger partial charge in [-0.05, 0) is 43.0 Å². The number of halogens is 1. The molecule has 4 heteroatoms. The van der Waals surface area contributed by atoms with E-state index < -0.39 is 0 Å². The number of piperidine rings is 1. The van der Waals surface area contributed by atoms with Crippen molar-refractivity contribution < 1.29 is 9.18 Å². The minimum atomic E-state index is -0.291. The van der Waals surface area contributed by atoms with Crippen LogP contribution in [0.1, 0.15) is 42.7 Å². The second kappa shape index (κ2) is 8.22. The maximum Gasteiger partial charge on any atom is 0.227 e. The Balaban J connectivity index is 1.56. The first-order valence-electron chi connectivity index (χ1n) is 10.1. The molecule has 2 aliphatic heterocycles. The average molecular weight is 366 g/mol. The van der Waals surface area contributed by atoms with Gasteiger partial charge in [0.1, 0.15) is 5.82 Å². The highest BCUT2D eigenvalue weighted by Crippen LogP contribution is 2.35. The molecule has 0 bridgehead atoms. The molecule has 0 unspecified atom stereocenters. The molecule has 0 radical (unpaired) electrons. The van der Waals surface area contributed by atoms with E-state index in [0.717, 1.165) is 38.8 Å². The maximum atomic E-state index is 14.0. The normalized spacial score (nSPS) is 25.5. The molecule has 1 amide bonds. The van der Waals surface area contributed by atoms with Crippen molar-refractivity contribution in [1.29, 1.82) is 0 Å². The lowest BCUT2D eigenvalue weighted by Gasteiger charge is -2.45. The van der Waals surface area contributed by atoms with Crippen LogP contribution in [-0.4, -0.2) is 36.0 Å². The first kappa shape index (κ1) is 18.2. The molecule has 2 saturated heterocycles. The van der Waals surface area contributed by atoms with Crippen LogP contribution in [0.3, 0.4) is 0 Å². The lowest BCUT2D eigenvalue weighted by molar-refractivity contribution is -0.135. The summed E-state index contributed by atoms with van der Waals surface area (Å²) in [5, 5.41) is 3.72. The summed E-state index contributed by atoms with van der Waals surface area (Å²) < 4.78 is 14.0. The van der Waals surface area contributed by atoms with E-state index in [9.17, 15) is 9.18 Å². The lowest BCUT2D eigenvalue weighted by atomic mass is 9.79. The van der Waals surface area contributed by atoms with Gasteiger partial charge in [0, 0.05) is 24.5 Å². The number of hydrogen-bond acceptors (Lipinski definition) is 2. The van der Waals surface area contributed by atoms with Crippen molar-refractivity contribution in [2.24, 2.45) is 0 Å². The number of rotatable bonds is 3. The molecule has 142 valence electrons. The molecule has 2 aromatic carbocycles. The van der Waals surface area contributed by atoms with Gasteiger partial charge < -0.3 is 10.2 Å². The molecule has 2 aromatic rings. The van der Waals surface area contributed by atoms with E-state index in [1.807, 2.05) is 4.90 Å². The first-order valence-corrected chi connectivity index (χ1v) is 10.1. The Labute approximate surface area is 160 Å². The third kappa shape index (κ3) is 3.91. The van der Waals surface area contributed by atoms with Crippen LogP contribution in [0.25, 0.3) is 0 Å². The van der Waals surface area contributed by atoms with Gasteiger partial charge >= 0.3 is 0 Å². The average Bonchev–Trinajstić information content (AvgIpc) is 2.96. The van der Waals surface area contributed by atoms with E-state index in [4.69, 9.17) is 0 Å². The molecule has 27 heavy (non-hydrogen) atoms. The van der Waals surface area contributed by atoms with Gasteiger partial charge in [-0.1, -0.05) is 55.0 Å². The summed E-state index contributed by atoms with van der Waals surface area (Å²) in [6.07, 6.45) is 4.38. The van der Waals surface area contributed by atoms with Gasteiger partial charge in [-0.2, -0.15) is 0 Å². The van der Waals surface area contributed by atoms with E-state index in [1.54, 1.807) is 18.2 Å². The molecule has 2 aliphatic rings. The highest BCUT2D eigenvalue weighted by Gasteiger charge is 2.40. The topological polar surface area (TPSA) is 32.3 Å². The highest BCUT2D eigenvalue weighted by atomic mass is 19.1. The first-order chi connectivity index (χ1) is 13.2. The number of hydrogen-bond donors (Lipinski definition) is 1. The van der Waals surface area contributed by atoms with Gasteiger partial charge in [0.05, 0.1) is 6.42 Å². The fourth-order valence-electron chi connectivity index (χ4n) is 4.74. The minimum absolute atomic E-state index is 0.0466. The van der Waals surface area contributed by atoms with Crippen LogP contribution in [0, 0.1) is 5.82 Å². The monoisotopic (exact) mass is 366 g/mol. The number of nitrogens with zero attached hydrogens (tertiary/aromatic N) is 1. The van der Waals surface area contributed by atoms with Crippen molar-refractivity contribution in [3.63, 3.8) is 0 Å². The van der Waals surface area contributed by atoms with Gasteiger partial charge in [-0.25, -0.2) is 4.39 Å². The van der Waals surface area contributed by atoms with Gasteiger partial charge in [0.2, 0.25) is 5.91 Å². The van der Waals surface area contributed by atoms with E-state index in [-0.39, 0.29) is 30.2 Å². The Morgan fingerprint density at radius 1 is 1.04 bits per heavy atom. The standard InChI is InChI=1S/C23H27FN2O/c24-20-11-5-4-10-18(20)16-22(27)26-15-13-19(17-8-2-1-3-9-17)23-21(26)12-6-7-14-25-23/h1-5,8-11,19,21,23,25H,6-7,12-16H2/t19-,21-,23-/m1/s1. The van der Waals surface area contributed by atoms with Crippen molar-refractivity contribution >= 4 is 5.91 Å². The molecule has 0 spiro atoms. The quantitative estimate of drug-likeness (QED) is 0.894.